The van der Waals surface area contributed by atoms with Crippen LogP contribution < -0.4 is 5.32 Å². The maximum atomic E-state index is 12.0. The molecule has 0 unspecified atom stereocenters. The number of nitrogens with one attached hydrogen (secondary N) is 1. The molecular weight excluding hydrogens is 280 g/mol. The second-order valence-electron chi connectivity index (χ2n) is 5.78. The number of aryl methyl sites for hydroxylation is 1. The Labute approximate surface area is 131 Å². The van der Waals surface area contributed by atoms with Gasteiger partial charge in [-0.25, -0.2) is 0 Å². The molecular formula is C17H24N2O3. The minimum absolute atomic E-state index is 0.0173. The molecule has 1 aromatic carbocycles. The van der Waals surface area contributed by atoms with E-state index in [9.17, 15) is 9.59 Å². The Balaban J connectivity index is 1.72. The second kappa shape index (κ2) is 7.94. The molecule has 1 aliphatic rings. The molecule has 1 aliphatic heterocycles. The Hall–Kier alpha value is -1.88. The summed E-state index contributed by atoms with van der Waals surface area (Å²) >= 11 is 0. The molecule has 5 heteroatoms. The molecule has 2 rings (SSSR count). The number of hydrogen-bond donors (Lipinski definition) is 1. The topological polar surface area (TPSA) is 58.6 Å². The Morgan fingerprint density at radius 2 is 1.95 bits per heavy atom. The third-order valence-electron chi connectivity index (χ3n) is 4.23. The number of amides is 1. The van der Waals surface area contributed by atoms with E-state index in [0.717, 1.165) is 31.5 Å². The van der Waals surface area contributed by atoms with Gasteiger partial charge in [-0.2, -0.15) is 0 Å². The van der Waals surface area contributed by atoms with Gasteiger partial charge >= 0.3 is 5.97 Å². The van der Waals surface area contributed by atoms with Gasteiger partial charge in [-0.05, 0) is 44.0 Å². The molecule has 1 fully saturated rings. The number of methoxy groups -OCH3 is 1. The molecule has 0 aliphatic carbocycles. The van der Waals surface area contributed by atoms with E-state index in [1.807, 2.05) is 31.2 Å². The first-order valence-electron chi connectivity index (χ1n) is 7.71. The number of carbonyl (C=O) groups excluding carboxylic acids is 2. The third kappa shape index (κ3) is 4.56. The average molecular weight is 304 g/mol. The van der Waals surface area contributed by atoms with Crippen molar-refractivity contribution in [2.45, 2.75) is 26.3 Å². The van der Waals surface area contributed by atoms with Gasteiger partial charge in [0.2, 0.25) is 5.91 Å². The third-order valence-corrected chi connectivity index (χ3v) is 4.23. The summed E-state index contributed by atoms with van der Waals surface area (Å²) in [7, 11) is 1.42. The lowest BCUT2D eigenvalue weighted by molar-refractivity contribution is -0.147. The molecule has 0 aromatic heterocycles. The van der Waals surface area contributed by atoms with Gasteiger partial charge in [0.1, 0.15) is 0 Å². The van der Waals surface area contributed by atoms with Crippen LogP contribution in [0.25, 0.3) is 0 Å². The van der Waals surface area contributed by atoms with E-state index in [2.05, 4.69) is 10.2 Å². The molecule has 1 aromatic rings. The lowest BCUT2D eigenvalue weighted by atomic mass is 9.97. The highest BCUT2D eigenvalue weighted by atomic mass is 16.5. The van der Waals surface area contributed by atoms with E-state index in [1.165, 1.54) is 12.7 Å². The lowest BCUT2D eigenvalue weighted by Crippen LogP contribution is -2.42. The highest BCUT2D eigenvalue weighted by molar-refractivity contribution is 5.78. The Kier molecular flexibility index (Phi) is 5.95. The fourth-order valence-corrected chi connectivity index (χ4v) is 2.75. The standard InChI is InChI=1S/C17H24N2O3/c1-13-5-3-4-6-15(13)11-18-16(20)12-19-9-7-14(8-10-19)17(21)22-2/h3-6,14H,7-12H2,1-2H3,(H,18,20). The fraction of sp³-hybridized carbons (Fsp3) is 0.529. The van der Waals surface area contributed by atoms with Gasteiger partial charge in [-0.3, -0.25) is 14.5 Å². The van der Waals surface area contributed by atoms with E-state index < -0.39 is 0 Å². The second-order valence-corrected chi connectivity index (χ2v) is 5.78. The first kappa shape index (κ1) is 16.5. The summed E-state index contributed by atoms with van der Waals surface area (Å²) in [6, 6.07) is 8.04. The summed E-state index contributed by atoms with van der Waals surface area (Å²) in [4.78, 5) is 25.6. The Morgan fingerprint density at radius 1 is 1.27 bits per heavy atom. The van der Waals surface area contributed by atoms with Crippen LogP contribution in [0.5, 0.6) is 0 Å². The molecule has 0 bridgehead atoms. The van der Waals surface area contributed by atoms with Gasteiger partial charge in [0.15, 0.2) is 0 Å². The van der Waals surface area contributed by atoms with E-state index in [0.29, 0.717) is 13.1 Å². The van der Waals surface area contributed by atoms with Crippen LogP contribution in [0.4, 0.5) is 0 Å². The zero-order valence-electron chi connectivity index (χ0n) is 13.3. The van der Waals surface area contributed by atoms with Crippen LogP contribution in [-0.2, 0) is 20.9 Å². The van der Waals surface area contributed by atoms with Gasteiger partial charge in [0.25, 0.3) is 0 Å². The summed E-state index contributed by atoms with van der Waals surface area (Å²) in [5.41, 5.74) is 2.32. The molecule has 1 heterocycles. The average Bonchev–Trinajstić information content (AvgIpc) is 2.54. The number of esters is 1. The summed E-state index contributed by atoms with van der Waals surface area (Å²) < 4.78 is 4.77. The van der Waals surface area contributed by atoms with Crippen molar-refractivity contribution >= 4 is 11.9 Å². The molecule has 22 heavy (non-hydrogen) atoms. The van der Waals surface area contributed by atoms with Crippen LogP contribution in [0.1, 0.15) is 24.0 Å². The number of ether oxygens (including phenoxy) is 1. The molecule has 0 radical (unpaired) electrons. The van der Waals surface area contributed by atoms with Crippen LogP contribution in [0.15, 0.2) is 24.3 Å². The zero-order chi connectivity index (χ0) is 15.9. The van der Waals surface area contributed by atoms with Gasteiger partial charge in [0, 0.05) is 6.54 Å². The van der Waals surface area contributed by atoms with E-state index >= 15 is 0 Å². The van der Waals surface area contributed by atoms with Crippen LogP contribution in [0, 0.1) is 12.8 Å². The zero-order valence-corrected chi connectivity index (χ0v) is 13.3. The summed E-state index contributed by atoms with van der Waals surface area (Å²) in [6.45, 7) is 4.51. The van der Waals surface area contributed by atoms with E-state index in [4.69, 9.17) is 4.74 Å². The highest BCUT2D eigenvalue weighted by Gasteiger charge is 2.26. The number of carbonyl (C=O) groups is 2. The molecule has 5 nitrogen and oxygen atoms in total. The lowest BCUT2D eigenvalue weighted by Gasteiger charge is -2.29. The quantitative estimate of drug-likeness (QED) is 0.838. The number of rotatable bonds is 5. The van der Waals surface area contributed by atoms with Gasteiger partial charge in [0.05, 0.1) is 19.6 Å². The highest BCUT2D eigenvalue weighted by Crippen LogP contribution is 2.18. The smallest absolute Gasteiger partial charge is 0.308 e. The van der Waals surface area contributed by atoms with E-state index in [-0.39, 0.29) is 17.8 Å². The predicted octanol–water partition coefficient (Wildman–Crippen LogP) is 1.50. The van der Waals surface area contributed by atoms with Crippen molar-refractivity contribution in [2.75, 3.05) is 26.7 Å². The Morgan fingerprint density at radius 3 is 2.59 bits per heavy atom. The van der Waals surface area contributed by atoms with Crippen molar-refractivity contribution < 1.29 is 14.3 Å². The maximum Gasteiger partial charge on any atom is 0.308 e. The predicted molar refractivity (Wildman–Crippen MR) is 84.2 cm³/mol. The molecule has 0 atom stereocenters. The summed E-state index contributed by atoms with van der Waals surface area (Å²) in [5, 5.41) is 2.96. The maximum absolute atomic E-state index is 12.0. The molecule has 0 spiro atoms. The molecule has 1 N–H and O–H groups in total. The van der Waals surface area contributed by atoms with Gasteiger partial charge < -0.3 is 10.1 Å². The van der Waals surface area contributed by atoms with Gasteiger partial charge in [-0.15, -0.1) is 0 Å². The first-order chi connectivity index (χ1) is 10.6. The number of nitrogens with zero attached hydrogens (tertiary/aromatic N) is 1. The fourth-order valence-electron chi connectivity index (χ4n) is 2.75. The Bertz CT molecular complexity index is 522. The molecule has 1 saturated heterocycles. The minimum Gasteiger partial charge on any atom is -0.469 e. The SMILES string of the molecule is COC(=O)C1CCN(CC(=O)NCc2ccccc2C)CC1. The van der Waals surface area contributed by atoms with Gasteiger partial charge in [-0.1, -0.05) is 24.3 Å². The number of benzene rings is 1. The monoisotopic (exact) mass is 304 g/mol. The molecule has 1 amide bonds. The van der Waals surface area contributed by atoms with Crippen LogP contribution in [-0.4, -0.2) is 43.5 Å². The van der Waals surface area contributed by atoms with Crippen LogP contribution in [0.2, 0.25) is 0 Å². The number of likely N-dealkylation sites (tertiary alicyclic amines) is 1. The molecule has 0 saturated carbocycles. The summed E-state index contributed by atoms with van der Waals surface area (Å²) in [6.07, 6.45) is 1.52. The van der Waals surface area contributed by atoms with Crippen molar-refractivity contribution in [2.24, 2.45) is 5.92 Å². The van der Waals surface area contributed by atoms with E-state index in [1.54, 1.807) is 0 Å². The van der Waals surface area contributed by atoms with Crippen molar-refractivity contribution in [1.82, 2.24) is 10.2 Å². The summed E-state index contributed by atoms with van der Waals surface area (Å²) in [5.74, 6) is -0.125. The number of piperidine rings is 1. The van der Waals surface area contributed by atoms with Crippen molar-refractivity contribution in [1.29, 1.82) is 0 Å². The first-order valence-corrected chi connectivity index (χ1v) is 7.71. The normalized spacial score (nSPS) is 16.3. The largest absolute Gasteiger partial charge is 0.469 e. The van der Waals surface area contributed by atoms with Crippen molar-refractivity contribution in [3.05, 3.63) is 35.4 Å². The van der Waals surface area contributed by atoms with Crippen LogP contribution >= 0.6 is 0 Å². The van der Waals surface area contributed by atoms with Crippen molar-refractivity contribution in [3.8, 4) is 0 Å². The van der Waals surface area contributed by atoms with Crippen molar-refractivity contribution in [3.63, 3.8) is 0 Å². The molecule has 120 valence electrons. The van der Waals surface area contributed by atoms with Crippen LogP contribution in [0.3, 0.4) is 0 Å². The minimum atomic E-state index is -0.136. The number of hydrogen-bond acceptors (Lipinski definition) is 4.